The number of allylic oxidation sites excluding steroid dienone is 7. The zero-order chi connectivity index (χ0) is 52.5. The van der Waals surface area contributed by atoms with E-state index in [1.807, 2.05) is 6.08 Å². The van der Waals surface area contributed by atoms with E-state index < -0.39 is 67.4 Å². The first-order chi connectivity index (χ1) is 35.2. The number of unbranched alkanes of at least 4 members (excludes halogenated alkanes) is 30. The summed E-state index contributed by atoms with van der Waals surface area (Å²) < 4.78 is 17.6. The summed E-state index contributed by atoms with van der Waals surface area (Å²) in [5, 5.41) is 56.8. The molecule has 0 spiro atoms. The molecule has 420 valence electrons. The van der Waals surface area contributed by atoms with Crippen LogP contribution in [0.3, 0.4) is 0 Å². The summed E-state index contributed by atoms with van der Waals surface area (Å²) in [6.45, 7) is 5.74. The highest BCUT2D eigenvalue weighted by molar-refractivity contribution is 5.80. The molecule has 1 aliphatic heterocycles. The molecule has 8 unspecified atom stereocenters. The van der Waals surface area contributed by atoms with Gasteiger partial charge in [-0.2, -0.15) is 0 Å². The Hall–Kier alpha value is -2.38. The summed E-state index contributed by atoms with van der Waals surface area (Å²) in [4.78, 5) is 26.4. The summed E-state index contributed by atoms with van der Waals surface area (Å²) in [5.41, 5.74) is 0. The molecule has 1 rings (SSSR count). The third-order valence-corrected chi connectivity index (χ3v) is 14.0. The molecule has 0 aromatic rings. The van der Waals surface area contributed by atoms with Crippen LogP contribution < -0.4 is 5.32 Å². The van der Waals surface area contributed by atoms with Gasteiger partial charge in [0.1, 0.15) is 24.4 Å². The van der Waals surface area contributed by atoms with Crippen molar-refractivity contribution in [1.82, 2.24) is 5.32 Å². The maximum atomic E-state index is 13.4. The van der Waals surface area contributed by atoms with E-state index in [1.54, 1.807) is 6.08 Å². The number of carbonyl (C=O) groups excluding carboxylic acids is 2. The Morgan fingerprint density at radius 2 is 0.958 bits per heavy atom. The van der Waals surface area contributed by atoms with Gasteiger partial charge in [-0.05, 0) is 64.2 Å². The van der Waals surface area contributed by atoms with Gasteiger partial charge in [0.05, 0.1) is 25.4 Å². The van der Waals surface area contributed by atoms with Crippen LogP contribution in [-0.2, 0) is 23.8 Å². The average molecular weight is 1020 g/mol. The number of rotatable bonds is 50. The Kier molecular flexibility index (Phi) is 46.5. The summed E-state index contributed by atoms with van der Waals surface area (Å²) >= 11 is 0. The lowest BCUT2D eigenvalue weighted by molar-refractivity contribution is -0.305. The predicted molar refractivity (Wildman–Crippen MR) is 297 cm³/mol. The van der Waals surface area contributed by atoms with Crippen LogP contribution in [0.1, 0.15) is 265 Å². The minimum atomic E-state index is -1.61. The van der Waals surface area contributed by atoms with Crippen LogP contribution >= 0.6 is 0 Å². The molecular weight excluding hydrogens is 907 g/mol. The molecule has 11 heteroatoms. The number of nitrogens with one attached hydrogen (secondary N) is 1. The van der Waals surface area contributed by atoms with Crippen molar-refractivity contribution in [3.05, 3.63) is 48.6 Å². The molecule has 0 aromatic carbocycles. The van der Waals surface area contributed by atoms with Gasteiger partial charge in [0.15, 0.2) is 12.4 Å². The fourth-order valence-electron chi connectivity index (χ4n) is 9.19. The predicted octanol–water partition coefficient (Wildman–Crippen LogP) is 13.7. The van der Waals surface area contributed by atoms with Crippen molar-refractivity contribution in [2.75, 3.05) is 13.2 Å². The number of hydrogen-bond acceptors (Lipinski definition) is 10. The molecule has 0 aromatic heterocycles. The maximum Gasteiger partial charge on any atom is 0.306 e. The minimum Gasteiger partial charge on any atom is -0.454 e. The van der Waals surface area contributed by atoms with E-state index in [9.17, 15) is 35.1 Å². The minimum absolute atomic E-state index is 0.125. The number of aliphatic hydroxyl groups excluding tert-OH is 5. The Labute approximate surface area is 440 Å². The Morgan fingerprint density at radius 3 is 1.46 bits per heavy atom. The summed E-state index contributed by atoms with van der Waals surface area (Å²) in [7, 11) is 0. The second kappa shape index (κ2) is 49.5. The smallest absolute Gasteiger partial charge is 0.306 e. The van der Waals surface area contributed by atoms with Gasteiger partial charge in [-0.25, -0.2) is 0 Å². The zero-order valence-electron chi connectivity index (χ0n) is 46.3. The van der Waals surface area contributed by atoms with Crippen molar-refractivity contribution in [2.24, 2.45) is 0 Å². The molecule has 0 radical (unpaired) electrons. The van der Waals surface area contributed by atoms with Crippen molar-refractivity contribution in [2.45, 2.75) is 314 Å². The van der Waals surface area contributed by atoms with E-state index in [0.29, 0.717) is 12.8 Å². The van der Waals surface area contributed by atoms with Gasteiger partial charge in [-0.3, -0.25) is 9.59 Å². The van der Waals surface area contributed by atoms with Gasteiger partial charge < -0.3 is 45.1 Å². The van der Waals surface area contributed by atoms with Gasteiger partial charge in [0.25, 0.3) is 0 Å². The first-order valence-corrected chi connectivity index (χ1v) is 29.9. The van der Waals surface area contributed by atoms with Crippen LogP contribution in [0.25, 0.3) is 0 Å². The van der Waals surface area contributed by atoms with Crippen LogP contribution in [0.15, 0.2) is 48.6 Å². The van der Waals surface area contributed by atoms with E-state index in [-0.39, 0.29) is 19.4 Å². The van der Waals surface area contributed by atoms with Crippen LogP contribution in [0.4, 0.5) is 0 Å². The Bertz CT molecular complexity index is 1350. The molecule has 1 amide bonds. The van der Waals surface area contributed by atoms with E-state index in [0.717, 1.165) is 83.5 Å². The quantitative estimate of drug-likeness (QED) is 0.0195. The van der Waals surface area contributed by atoms with Crippen molar-refractivity contribution in [1.29, 1.82) is 0 Å². The average Bonchev–Trinajstić information content (AvgIpc) is 3.38. The Morgan fingerprint density at radius 1 is 0.542 bits per heavy atom. The van der Waals surface area contributed by atoms with Crippen LogP contribution in [0.2, 0.25) is 0 Å². The molecule has 0 bridgehead atoms. The molecule has 8 atom stereocenters. The largest absolute Gasteiger partial charge is 0.454 e. The number of hydrogen-bond donors (Lipinski definition) is 6. The highest BCUT2D eigenvalue weighted by Gasteiger charge is 2.47. The molecule has 6 N–H and O–H groups in total. The number of esters is 1. The van der Waals surface area contributed by atoms with Gasteiger partial charge >= 0.3 is 5.97 Å². The van der Waals surface area contributed by atoms with Crippen molar-refractivity contribution < 1.29 is 49.3 Å². The lowest BCUT2D eigenvalue weighted by Gasteiger charge is -2.41. The van der Waals surface area contributed by atoms with Crippen LogP contribution in [-0.4, -0.2) is 99.6 Å². The zero-order valence-corrected chi connectivity index (χ0v) is 46.3. The lowest BCUT2D eigenvalue weighted by atomic mass is 9.99. The van der Waals surface area contributed by atoms with Crippen molar-refractivity contribution in [3.63, 3.8) is 0 Å². The summed E-state index contributed by atoms with van der Waals surface area (Å²) in [6, 6.07) is -1.03. The molecule has 0 aliphatic carbocycles. The molecule has 1 heterocycles. The van der Waals surface area contributed by atoms with Crippen molar-refractivity contribution >= 4 is 11.9 Å². The second-order valence-electron chi connectivity index (χ2n) is 20.7. The van der Waals surface area contributed by atoms with E-state index in [1.165, 1.54) is 135 Å². The maximum absolute atomic E-state index is 13.4. The molecular formula is C61H111NO10. The van der Waals surface area contributed by atoms with Crippen molar-refractivity contribution in [3.8, 4) is 0 Å². The van der Waals surface area contributed by atoms with Gasteiger partial charge in [-0.1, -0.05) is 243 Å². The van der Waals surface area contributed by atoms with Crippen LogP contribution in [0.5, 0.6) is 0 Å². The second-order valence-corrected chi connectivity index (χ2v) is 20.7. The first-order valence-electron chi connectivity index (χ1n) is 29.9. The highest BCUT2D eigenvalue weighted by Crippen LogP contribution is 2.26. The monoisotopic (exact) mass is 1020 g/mol. The fraction of sp³-hybridized carbons (Fsp3) is 0.836. The molecule has 11 nitrogen and oxygen atoms in total. The molecule has 1 aliphatic rings. The first kappa shape index (κ1) is 67.6. The summed E-state index contributed by atoms with van der Waals surface area (Å²) in [6.07, 6.45) is 48.7. The van der Waals surface area contributed by atoms with Gasteiger partial charge in [0, 0.05) is 6.42 Å². The third-order valence-electron chi connectivity index (χ3n) is 14.0. The number of ether oxygens (including phenoxy) is 3. The number of carbonyl (C=O) groups is 2. The topological polar surface area (TPSA) is 175 Å². The van der Waals surface area contributed by atoms with Gasteiger partial charge in [0.2, 0.25) is 5.91 Å². The molecule has 0 saturated carbocycles. The van der Waals surface area contributed by atoms with E-state index >= 15 is 0 Å². The molecule has 72 heavy (non-hydrogen) atoms. The highest BCUT2D eigenvalue weighted by atomic mass is 16.7. The fourth-order valence-corrected chi connectivity index (χ4v) is 9.19. The molecule has 1 saturated heterocycles. The molecule has 1 fully saturated rings. The van der Waals surface area contributed by atoms with Gasteiger partial charge in [-0.15, -0.1) is 0 Å². The summed E-state index contributed by atoms with van der Waals surface area (Å²) in [5.74, 6) is -1.20. The number of aliphatic hydroxyl groups is 5. The number of amides is 1. The Balaban J connectivity index is 2.69. The van der Waals surface area contributed by atoms with E-state index in [2.05, 4.69) is 62.5 Å². The SMILES string of the molecule is CCCCC/C=C\C/C=C\C/C=C\CCCCCCCCCC(O)C(=O)NC(COC1OC(CO)C(O)C(O)C1OC(=O)CCCCCCCCCCCCC)C(O)/C=C/CCCCCCCCCCCC. The lowest BCUT2D eigenvalue weighted by Crippen LogP contribution is -2.61. The van der Waals surface area contributed by atoms with E-state index in [4.69, 9.17) is 14.2 Å². The normalized spacial score (nSPS) is 19.8. The van der Waals surface area contributed by atoms with Crippen LogP contribution in [0, 0.1) is 0 Å². The third kappa shape index (κ3) is 37.4. The standard InChI is InChI=1S/C61H111NO10/c1-4-7-10-13-16-19-22-24-25-26-27-28-29-30-31-34-36-39-42-45-48-54(65)60(69)62-52(53(64)47-44-41-38-35-33-23-20-17-14-11-8-5-2)51-70-61-59(58(68)57(67)55(50-63)71-61)72-56(66)49-46-43-40-37-32-21-18-15-12-9-6-3/h16,19,24-25,27-28,44,47,52-55,57-59,61,63-65,67-68H,4-15,17-18,20-23,26,29-43,45-46,48-51H2,1-3H3,(H,62,69)/b19-16-,25-24-,28-27-,47-44+.